The van der Waals surface area contributed by atoms with Crippen LogP contribution in [-0.2, 0) is 22.4 Å². The van der Waals surface area contributed by atoms with Gasteiger partial charge in [-0.25, -0.2) is 0 Å². The number of phenols is 1. The highest BCUT2D eigenvalue weighted by Crippen LogP contribution is 2.66. The third-order valence-electron chi connectivity index (χ3n) is 20.2. The number of ether oxygens (including phenoxy) is 2. The number of aliphatic hydroxyl groups excluding tert-OH is 3. The maximum Gasteiger partial charge on any atom is 0.191 e. The average Bonchev–Trinajstić information content (AvgIpc) is 4.26. The summed E-state index contributed by atoms with van der Waals surface area (Å²) in [5.74, 6) is 13.0. The smallest absolute Gasteiger partial charge is 0.191 e. The number of aromatic nitrogens is 2. The Morgan fingerprint density at radius 2 is 1.82 bits per heavy atom. The summed E-state index contributed by atoms with van der Waals surface area (Å²) in [5.41, 5.74) is 15.2. The van der Waals surface area contributed by atoms with Gasteiger partial charge >= 0.3 is 0 Å². The van der Waals surface area contributed by atoms with Gasteiger partial charge < -0.3 is 45.2 Å². The normalized spacial score (nSPS) is 33.9. The highest BCUT2D eigenvalue weighted by Gasteiger charge is 2.58. The molecule has 0 unspecified atom stereocenters. The van der Waals surface area contributed by atoms with E-state index in [1.54, 1.807) is 16.9 Å². The molecule has 74 heavy (non-hydrogen) atoms. The molecule has 8 heterocycles. The van der Waals surface area contributed by atoms with Gasteiger partial charge in [0.15, 0.2) is 17.7 Å². The summed E-state index contributed by atoms with van der Waals surface area (Å²) in [5, 5.41) is 53.1. The summed E-state index contributed by atoms with van der Waals surface area (Å²) in [4.78, 5) is 17.9. The maximum absolute atomic E-state index is 14.2. The zero-order chi connectivity index (χ0) is 50.1. The van der Waals surface area contributed by atoms with Crippen LogP contribution >= 0.6 is 21.6 Å². The van der Waals surface area contributed by atoms with E-state index < -0.39 is 41.8 Å². The molecule has 11 nitrogen and oxygen atoms in total. The Kier molecular flexibility index (Phi) is 11.8. The van der Waals surface area contributed by atoms with Crippen molar-refractivity contribution in [3.05, 3.63) is 99.5 Å². The lowest BCUT2D eigenvalue weighted by molar-refractivity contribution is -0.122. The fourth-order valence-corrected chi connectivity index (χ4v) is 19.5. The highest BCUT2D eigenvalue weighted by atomic mass is 33.1. The van der Waals surface area contributed by atoms with Crippen LogP contribution in [0.25, 0.3) is 10.9 Å². The van der Waals surface area contributed by atoms with Crippen molar-refractivity contribution in [2.75, 3.05) is 12.3 Å². The summed E-state index contributed by atoms with van der Waals surface area (Å²) >= 11 is 0. The number of aromatic hydroxyl groups is 1. The molecule has 0 radical (unpaired) electrons. The highest BCUT2D eigenvalue weighted by molar-refractivity contribution is 8.76. The van der Waals surface area contributed by atoms with E-state index in [9.17, 15) is 25.2 Å². The first kappa shape index (κ1) is 47.8. The zero-order valence-corrected chi connectivity index (χ0v) is 43.7. The number of aliphatic hydroxyl groups is 3. The van der Waals surface area contributed by atoms with Gasteiger partial charge in [-0.15, -0.1) is 0 Å². The number of H-pyrrole nitrogens is 1. The number of nitrogens with two attached hydrogens (primary N) is 1. The number of rotatable bonds is 6. The van der Waals surface area contributed by atoms with Crippen LogP contribution < -0.4 is 20.5 Å². The summed E-state index contributed by atoms with van der Waals surface area (Å²) < 4.78 is 16.2. The molecule has 2 aromatic heterocycles. The van der Waals surface area contributed by atoms with Crippen LogP contribution in [0.3, 0.4) is 0 Å². The minimum atomic E-state index is -1.08. The Hall–Kier alpha value is -4.57. The molecule has 13 heteroatoms. The lowest BCUT2D eigenvalue weighted by Crippen LogP contribution is -2.56. The van der Waals surface area contributed by atoms with Gasteiger partial charge in [-0.3, -0.25) is 10.1 Å². The first-order valence-corrected chi connectivity index (χ1v) is 30.3. The summed E-state index contributed by atoms with van der Waals surface area (Å²) in [6.07, 6.45) is 27.0. The predicted octanol–water partition coefficient (Wildman–Crippen LogP) is 10.2. The van der Waals surface area contributed by atoms with Crippen molar-refractivity contribution in [3.63, 3.8) is 0 Å². The Bertz CT molecular complexity index is 3140. The van der Waals surface area contributed by atoms with Gasteiger partial charge in [-0.1, -0.05) is 108 Å². The largest absolute Gasteiger partial charge is 0.508 e. The van der Waals surface area contributed by atoms with Gasteiger partial charge in [0.1, 0.15) is 23.7 Å². The second-order valence-corrected chi connectivity index (χ2v) is 26.6. The number of nitrogens with one attached hydrogen (secondary N) is 2. The number of Topliss-reactive ketones (excluding diaryl/α,β-unsaturated/α-hetero) is 1. The SMILES string of the molecule is N[C@H]1NC[C@]23CSSCc4c(CCC(=O)C[C@H](O)[C@H]5C=C6C=C[C@H]7CCCC[C@H]7[C@@H]6C[C@@H]5O)c(O)cc5c4O[C@H]4[C@@H](C#C[C@H](O)c6ccc1c2c6[C@@H](c1c[nH]c2cn4cc12)C1(CCCC1)C3)C1(C#CO5)CCCC1. The Labute approximate surface area is 441 Å². The number of allylic oxidation sites excluding steroid dienone is 3. The molecule has 2 aromatic carbocycles. The molecule has 16 rings (SSSR count). The van der Waals surface area contributed by atoms with Gasteiger partial charge in [0.25, 0.3) is 0 Å². The molecule has 0 amide bonds. The third kappa shape index (κ3) is 7.56. The van der Waals surface area contributed by atoms with E-state index in [0.717, 1.165) is 91.1 Å². The molecule has 10 bridgehead atoms. The fraction of sp³-hybridized carbons (Fsp3) is 0.557. The molecule has 3 fully saturated rings. The maximum atomic E-state index is 14.2. The lowest BCUT2D eigenvalue weighted by Gasteiger charge is -2.56. The number of hydrogen-bond donors (Lipinski definition) is 7. The van der Waals surface area contributed by atoms with Crippen molar-refractivity contribution >= 4 is 38.3 Å². The van der Waals surface area contributed by atoms with Gasteiger partial charge in [-0.2, -0.15) is 0 Å². The number of phenolic OH excluding ortho intramolecular Hbond substituents is 1. The van der Waals surface area contributed by atoms with Crippen LogP contribution in [0.5, 0.6) is 17.2 Å². The number of fused-ring (bicyclic) bond motifs is 4. The minimum absolute atomic E-state index is 0.00287. The van der Waals surface area contributed by atoms with Crippen LogP contribution in [0.4, 0.5) is 0 Å². The number of hydrogen-bond acceptors (Lipinski definition) is 11. The molecular formula is C61H68N4O7S2. The van der Waals surface area contributed by atoms with E-state index in [0.29, 0.717) is 53.5 Å². The average molecular weight is 1030 g/mol. The number of carbonyl (C=O) groups excluding carboxylic acids is 1. The molecule has 386 valence electrons. The van der Waals surface area contributed by atoms with Crippen molar-refractivity contribution in [2.45, 2.75) is 157 Å². The molecule has 0 saturated heterocycles. The molecule has 4 aromatic rings. The summed E-state index contributed by atoms with van der Waals surface area (Å²) in [7, 11) is 3.53. The first-order valence-electron chi connectivity index (χ1n) is 27.8. The van der Waals surface area contributed by atoms with Gasteiger partial charge in [0.2, 0.25) is 0 Å². The lowest BCUT2D eigenvalue weighted by atomic mass is 9.51. The van der Waals surface area contributed by atoms with Gasteiger partial charge in [0.05, 0.1) is 35.2 Å². The van der Waals surface area contributed by atoms with Gasteiger partial charge in [0, 0.05) is 89.3 Å². The van der Waals surface area contributed by atoms with Crippen molar-refractivity contribution in [3.8, 4) is 41.1 Å². The third-order valence-corrected chi connectivity index (χ3v) is 22.6. The van der Waals surface area contributed by atoms with E-state index in [1.807, 2.05) is 16.9 Å². The van der Waals surface area contributed by atoms with Crippen LogP contribution in [0.1, 0.15) is 166 Å². The number of benzene rings is 2. The number of aromatic amines is 1. The van der Waals surface area contributed by atoms with E-state index in [4.69, 9.17) is 15.2 Å². The summed E-state index contributed by atoms with van der Waals surface area (Å²) in [6.45, 7) is 0.703. The minimum Gasteiger partial charge on any atom is -0.508 e. The molecule has 3 saturated carbocycles. The van der Waals surface area contributed by atoms with E-state index in [2.05, 4.69) is 81.6 Å². The van der Waals surface area contributed by atoms with Crippen LogP contribution in [0, 0.1) is 64.3 Å². The van der Waals surface area contributed by atoms with Crippen LogP contribution in [-0.4, -0.2) is 60.3 Å². The number of ketones is 1. The monoisotopic (exact) mass is 1030 g/mol. The fourth-order valence-electron chi connectivity index (χ4n) is 16.8. The molecule has 8 N–H and O–H groups in total. The molecular weight excluding hydrogens is 965 g/mol. The van der Waals surface area contributed by atoms with Crippen LogP contribution in [0.2, 0.25) is 0 Å². The molecule has 6 aliphatic heterocycles. The Morgan fingerprint density at radius 1 is 1.00 bits per heavy atom. The molecule has 12 aliphatic rings. The topological polar surface area (TPSA) is 175 Å². The zero-order valence-electron chi connectivity index (χ0n) is 42.0. The Morgan fingerprint density at radius 3 is 2.69 bits per heavy atom. The first-order chi connectivity index (χ1) is 36.0. The second kappa shape index (κ2) is 18.3. The second-order valence-electron chi connectivity index (χ2n) is 24.1. The van der Waals surface area contributed by atoms with E-state index in [-0.39, 0.29) is 53.7 Å². The van der Waals surface area contributed by atoms with Crippen molar-refractivity contribution < 1.29 is 34.7 Å². The standard InChI is InChI=1S/C61H68N4O7S2/c62-57-40-14-13-39-48(67)16-15-46-58-65-28-44-43(27-63-47(44)29-65)55-53(39)54(40)61(32-64-57,31-60(55)19-5-6-20-60)33-74-73-30-45-38(51(70)26-52(56(45)72-58)71-22-21-59(46)17-3-4-18-59)12-11-36(66)24-49(68)42-23-35-10-9-34-7-1-2-8-37(34)41(35)25-50(42)69/h9-10,13-14,23,26-29,34,37,41-42,46,48-50,55,57-58,63-64,67-70H,1-8,11-12,17-20,24-25,30-33,62H2/t34-,37-,41-,42-,46-,48+,49+,50+,55-,57+,58+,61-/m1/s1. The van der Waals surface area contributed by atoms with Crippen molar-refractivity contribution in [2.24, 2.45) is 46.2 Å². The van der Waals surface area contributed by atoms with E-state index in [1.165, 1.54) is 47.9 Å². The number of nitrogens with zero attached hydrogens (tertiary/aromatic N) is 1. The van der Waals surface area contributed by atoms with Crippen molar-refractivity contribution in [1.29, 1.82) is 0 Å². The predicted molar refractivity (Wildman–Crippen MR) is 288 cm³/mol. The molecule has 6 aliphatic carbocycles. The quantitative estimate of drug-likeness (QED) is 0.0723. The Balaban J connectivity index is 0.885. The molecule has 12 atom stereocenters. The van der Waals surface area contributed by atoms with Crippen molar-refractivity contribution in [1.82, 2.24) is 14.9 Å². The van der Waals surface area contributed by atoms with Gasteiger partial charge in [-0.05, 0) is 114 Å². The number of carbonyl (C=O) groups is 1. The summed E-state index contributed by atoms with van der Waals surface area (Å²) in [6, 6.07) is 5.85. The van der Waals surface area contributed by atoms with Crippen LogP contribution in [0.15, 0.2) is 60.6 Å². The molecule has 3 spiro atoms. The van der Waals surface area contributed by atoms with E-state index >= 15 is 0 Å².